The van der Waals surface area contributed by atoms with Gasteiger partial charge in [0.25, 0.3) is 0 Å². The number of ether oxygens (including phenoxy) is 1. The molecular formula is C17H20NO2. The maximum Gasteiger partial charge on any atom is 0.310 e. The summed E-state index contributed by atoms with van der Waals surface area (Å²) in [5, 5.41) is 0. The number of pyridine rings is 1. The molecule has 0 aromatic carbocycles. The van der Waals surface area contributed by atoms with E-state index in [2.05, 4.69) is 4.98 Å². The van der Waals surface area contributed by atoms with Crippen molar-refractivity contribution in [1.82, 2.24) is 4.98 Å². The summed E-state index contributed by atoms with van der Waals surface area (Å²) in [7, 11) is 0. The van der Waals surface area contributed by atoms with Crippen LogP contribution in [0, 0.1) is 29.6 Å². The van der Waals surface area contributed by atoms with E-state index < -0.39 is 0 Å². The molecule has 0 N–H and O–H groups in total. The van der Waals surface area contributed by atoms with E-state index in [9.17, 15) is 4.79 Å². The second-order valence-electron chi connectivity index (χ2n) is 6.67. The van der Waals surface area contributed by atoms with Crippen LogP contribution < -0.4 is 0 Å². The minimum Gasteiger partial charge on any atom is -0.459 e. The highest BCUT2D eigenvalue weighted by Crippen LogP contribution is 2.57. The Hall–Kier alpha value is -1.38. The SMILES string of the molecule is O=C(OCc1ccccn1)C1[C]2CC3CC(C2)CC1C3. The first-order valence-electron chi connectivity index (χ1n) is 7.70. The first kappa shape index (κ1) is 12.4. The van der Waals surface area contributed by atoms with Crippen molar-refractivity contribution >= 4 is 5.97 Å². The molecule has 4 aliphatic carbocycles. The molecule has 3 nitrogen and oxygen atoms in total. The second-order valence-corrected chi connectivity index (χ2v) is 6.67. The van der Waals surface area contributed by atoms with Gasteiger partial charge < -0.3 is 4.74 Å². The zero-order valence-electron chi connectivity index (χ0n) is 11.6. The Morgan fingerprint density at radius 3 is 2.65 bits per heavy atom. The number of esters is 1. The van der Waals surface area contributed by atoms with Crippen LogP contribution in [0.5, 0.6) is 0 Å². The zero-order chi connectivity index (χ0) is 13.5. The van der Waals surface area contributed by atoms with Crippen LogP contribution in [0.3, 0.4) is 0 Å². The molecule has 1 aromatic heterocycles. The quantitative estimate of drug-likeness (QED) is 0.792. The Morgan fingerprint density at radius 2 is 2.00 bits per heavy atom. The highest BCUT2D eigenvalue weighted by atomic mass is 16.5. The fourth-order valence-electron chi connectivity index (χ4n) is 4.71. The van der Waals surface area contributed by atoms with Gasteiger partial charge in [-0.15, -0.1) is 0 Å². The van der Waals surface area contributed by atoms with E-state index in [1.165, 1.54) is 38.0 Å². The van der Waals surface area contributed by atoms with Gasteiger partial charge in [-0.2, -0.15) is 0 Å². The number of hydrogen-bond acceptors (Lipinski definition) is 3. The van der Waals surface area contributed by atoms with Crippen LogP contribution in [0.25, 0.3) is 0 Å². The smallest absolute Gasteiger partial charge is 0.310 e. The van der Waals surface area contributed by atoms with Crippen LogP contribution in [-0.2, 0) is 16.1 Å². The van der Waals surface area contributed by atoms with E-state index in [0.717, 1.165) is 17.5 Å². The average Bonchev–Trinajstić information content (AvgIpc) is 2.45. The summed E-state index contributed by atoms with van der Waals surface area (Å²) in [5.74, 6) is 3.86. The van der Waals surface area contributed by atoms with Crippen molar-refractivity contribution in [3.8, 4) is 0 Å². The summed E-state index contributed by atoms with van der Waals surface area (Å²) in [4.78, 5) is 16.6. The monoisotopic (exact) mass is 270 g/mol. The third kappa shape index (κ3) is 2.13. The molecule has 0 amide bonds. The van der Waals surface area contributed by atoms with E-state index in [-0.39, 0.29) is 11.9 Å². The van der Waals surface area contributed by atoms with Gasteiger partial charge in [-0.1, -0.05) is 6.07 Å². The third-order valence-electron chi connectivity index (χ3n) is 5.29. The van der Waals surface area contributed by atoms with Crippen molar-refractivity contribution in [2.24, 2.45) is 23.7 Å². The molecule has 4 fully saturated rings. The van der Waals surface area contributed by atoms with Gasteiger partial charge in [0, 0.05) is 6.20 Å². The molecule has 4 aliphatic rings. The average molecular weight is 270 g/mol. The Labute approximate surface area is 119 Å². The minimum absolute atomic E-state index is 0.00514. The molecule has 1 aromatic rings. The van der Waals surface area contributed by atoms with Crippen LogP contribution >= 0.6 is 0 Å². The van der Waals surface area contributed by atoms with Crippen molar-refractivity contribution in [1.29, 1.82) is 0 Å². The number of aromatic nitrogens is 1. The molecule has 3 unspecified atom stereocenters. The lowest BCUT2D eigenvalue weighted by molar-refractivity contribution is -0.155. The Kier molecular flexibility index (Phi) is 3.01. The van der Waals surface area contributed by atoms with Crippen molar-refractivity contribution in [3.05, 3.63) is 36.0 Å². The predicted octanol–water partition coefficient (Wildman–Crippen LogP) is 3.16. The van der Waals surface area contributed by atoms with E-state index in [1.54, 1.807) is 6.20 Å². The van der Waals surface area contributed by atoms with E-state index in [4.69, 9.17) is 4.74 Å². The molecule has 0 spiro atoms. The number of carbonyl (C=O) groups is 1. The summed E-state index contributed by atoms with van der Waals surface area (Å²) in [5.41, 5.74) is 0.828. The lowest BCUT2D eigenvalue weighted by Crippen LogP contribution is -2.47. The molecule has 0 aliphatic heterocycles. The van der Waals surface area contributed by atoms with E-state index >= 15 is 0 Å². The minimum atomic E-state index is -0.00514. The molecule has 5 rings (SSSR count). The maximum absolute atomic E-state index is 12.4. The third-order valence-corrected chi connectivity index (χ3v) is 5.29. The van der Waals surface area contributed by atoms with Crippen molar-refractivity contribution in [2.75, 3.05) is 0 Å². The summed E-state index contributed by atoms with van der Waals surface area (Å²) in [6.07, 6.45) is 7.97. The van der Waals surface area contributed by atoms with Crippen LogP contribution in [0.4, 0.5) is 0 Å². The molecule has 105 valence electrons. The Morgan fingerprint density at radius 1 is 1.20 bits per heavy atom. The van der Waals surface area contributed by atoms with Gasteiger partial charge in [0.15, 0.2) is 0 Å². The van der Waals surface area contributed by atoms with Gasteiger partial charge in [-0.3, -0.25) is 9.78 Å². The van der Waals surface area contributed by atoms with Gasteiger partial charge in [-0.05, 0) is 67.9 Å². The maximum atomic E-state index is 12.4. The largest absolute Gasteiger partial charge is 0.459 e. The highest BCUT2D eigenvalue weighted by molar-refractivity contribution is 5.76. The van der Waals surface area contributed by atoms with Gasteiger partial charge in [0.2, 0.25) is 0 Å². The first-order valence-corrected chi connectivity index (χ1v) is 7.70. The summed E-state index contributed by atoms with van der Waals surface area (Å²) < 4.78 is 5.53. The topological polar surface area (TPSA) is 39.2 Å². The molecule has 20 heavy (non-hydrogen) atoms. The fraction of sp³-hybridized carbons (Fsp3) is 0.588. The van der Waals surface area contributed by atoms with Gasteiger partial charge in [0.1, 0.15) is 6.61 Å². The molecule has 1 heterocycles. The summed E-state index contributed by atoms with van der Waals surface area (Å²) >= 11 is 0. The number of rotatable bonds is 3. The molecule has 4 bridgehead atoms. The Bertz CT molecular complexity index is 471. The standard InChI is InChI=1S/C17H20NO2/c19-17(20-10-15-3-1-2-4-18-15)16-13-6-11-5-12(8-13)9-14(16)7-11/h1-4,11-13,16H,5-10H2. The van der Waals surface area contributed by atoms with Gasteiger partial charge in [-0.25, -0.2) is 0 Å². The van der Waals surface area contributed by atoms with Gasteiger partial charge in [0.05, 0.1) is 11.6 Å². The first-order chi connectivity index (χ1) is 9.79. The highest BCUT2D eigenvalue weighted by Gasteiger charge is 2.51. The number of nitrogens with zero attached hydrogens (tertiary/aromatic N) is 1. The van der Waals surface area contributed by atoms with Crippen LogP contribution in [-0.4, -0.2) is 11.0 Å². The molecule has 0 saturated heterocycles. The van der Waals surface area contributed by atoms with Crippen molar-refractivity contribution < 1.29 is 9.53 Å². The van der Waals surface area contributed by atoms with E-state index in [1.807, 2.05) is 18.2 Å². The molecular weight excluding hydrogens is 250 g/mol. The Balaban J connectivity index is 1.41. The molecule has 3 atom stereocenters. The van der Waals surface area contributed by atoms with E-state index in [0.29, 0.717) is 12.5 Å². The predicted molar refractivity (Wildman–Crippen MR) is 74.3 cm³/mol. The summed E-state index contributed by atoms with van der Waals surface area (Å²) in [6.45, 7) is 0.309. The molecule has 1 radical (unpaired) electrons. The normalized spacial score (nSPS) is 35.2. The lowest BCUT2D eigenvalue weighted by Gasteiger charge is -2.52. The van der Waals surface area contributed by atoms with Gasteiger partial charge >= 0.3 is 5.97 Å². The van der Waals surface area contributed by atoms with Crippen LogP contribution in [0.2, 0.25) is 0 Å². The van der Waals surface area contributed by atoms with Crippen molar-refractivity contribution in [2.45, 2.75) is 38.7 Å². The van der Waals surface area contributed by atoms with Crippen LogP contribution in [0.1, 0.15) is 37.8 Å². The number of hydrogen-bond donors (Lipinski definition) is 0. The number of carbonyl (C=O) groups excluding carboxylic acids is 1. The second kappa shape index (κ2) is 4.87. The summed E-state index contributed by atoms with van der Waals surface area (Å²) in [6, 6.07) is 5.70. The van der Waals surface area contributed by atoms with Crippen molar-refractivity contribution in [3.63, 3.8) is 0 Å². The lowest BCUT2D eigenvalue weighted by atomic mass is 9.52. The molecule has 4 saturated carbocycles. The zero-order valence-corrected chi connectivity index (χ0v) is 11.6. The molecule has 3 heteroatoms. The fourth-order valence-corrected chi connectivity index (χ4v) is 4.71. The van der Waals surface area contributed by atoms with Crippen LogP contribution in [0.15, 0.2) is 24.4 Å².